The summed E-state index contributed by atoms with van der Waals surface area (Å²) < 4.78 is 12.7. The minimum atomic E-state index is -0.438. The molecule has 2 aromatic carbocycles. The lowest BCUT2D eigenvalue weighted by Gasteiger charge is -2.17. The zero-order chi connectivity index (χ0) is 16.4. The molecule has 0 bridgehead atoms. The Kier molecular flexibility index (Phi) is 3.93. The second-order valence-electron chi connectivity index (χ2n) is 5.24. The van der Waals surface area contributed by atoms with E-state index in [-0.39, 0.29) is 0 Å². The summed E-state index contributed by atoms with van der Waals surface area (Å²) in [7, 11) is 5.24. The standard InChI is InChI=1S/C18H18N2O3/c1-19-12-11-15-16(19)5-4-6-17(15)23-18(21)20(2)13-7-9-14(22-3)10-8-13/h4-12H,1-3H3. The molecule has 0 aliphatic rings. The van der Waals surface area contributed by atoms with Crippen LogP contribution in [-0.2, 0) is 7.05 Å². The van der Waals surface area contributed by atoms with Gasteiger partial charge in [0.2, 0.25) is 0 Å². The number of anilines is 1. The summed E-state index contributed by atoms with van der Waals surface area (Å²) >= 11 is 0. The number of amides is 1. The van der Waals surface area contributed by atoms with E-state index in [4.69, 9.17) is 9.47 Å². The lowest BCUT2D eigenvalue weighted by Crippen LogP contribution is -2.29. The van der Waals surface area contributed by atoms with Crippen molar-refractivity contribution in [1.82, 2.24) is 4.57 Å². The van der Waals surface area contributed by atoms with Crippen LogP contribution in [0.2, 0.25) is 0 Å². The number of fused-ring (bicyclic) bond motifs is 1. The number of carbonyl (C=O) groups excluding carboxylic acids is 1. The average molecular weight is 310 g/mol. The topological polar surface area (TPSA) is 43.7 Å². The smallest absolute Gasteiger partial charge is 0.419 e. The highest BCUT2D eigenvalue weighted by molar-refractivity contribution is 5.93. The minimum Gasteiger partial charge on any atom is -0.497 e. The molecule has 0 radical (unpaired) electrons. The monoisotopic (exact) mass is 310 g/mol. The third kappa shape index (κ3) is 2.85. The van der Waals surface area contributed by atoms with Gasteiger partial charge in [-0.05, 0) is 42.5 Å². The van der Waals surface area contributed by atoms with Gasteiger partial charge in [0.05, 0.1) is 12.6 Å². The second kappa shape index (κ2) is 6.04. The van der Waals surface area contributed by atoms with Crippen LogP contribution in [0.15, 0.2) is 54.7 Å². The first kappa shape index (κ1) is 15.0. The van der Waals surface area contributed by atoms with E-state index < -0.39 is 6.09 Å². The van der Waals surface area contributed by atoms with Crippen LogP contribution in [0.4, 0.5) is 10.5 Å². The summed E-state index contributed by atoms with van der Waals surface area (Å²) in [5.41, 5.74) is 1.75. The van der Waals surface area contributed by atoms with Crippen molar-refractivity contribution in [3.8, 4) is 11.5 Å². The van der Waals surface area contributed by atoms with Crippen molar-refractivity contribution in [3.05, 3.63) is 54.7 Å². The molecular formula is C18H18N2O3. The van der Waals surface area contributed by atoms with Gasteiger partial charge in [-0.2, -0.15) is 0 Å². The van der Waals surface area contributed by atoms with Crippen molar-refractivity contribution in [2.45, 2.75) is 0 Å². The van der Waals surface area contributed by atoms with E-state index in [1.54, 1.807) is 32.4 Å². The van der Waals surface area contributed by atoms with Crippen LogP contribution in [0, 0.1) is 0 Å². The molecule has 0 atom stereocenters. The fourth-order valence-corrected chi connectivity index (χ4v) is 2.44. The molecule has 0 unspecified atom stereocenters. The van der Waals surface area contributed by atoms with Crippen LogP contribution in [0.3, 0.4) is 0 Å². The predicted molar refractivity (Wildman–Crippen MR) is 90.3 cm³/mol. The van der Waals surface area contributed by atoms with Crippen LogP contribution in [0.5, 0.6) is 11.5 Å². The Labute approximate surface area is 134 Å². The molecule has 1 amide bonds. The fraction of sp³-hybridized carbons (Fsp3) is 0.167. The van der Waals surface area contributed by atoms with Crippen LogP contribution in [-0.4, -0.2) is 24.8 Å². The van der Waals surface area contributed by atoms with E-state index in [0.29, 0.717) is 5.75 Å². The number of aromatic nitrogens is 1. The Balaban J connectivity index is 1.82. The van der Waals surface area contributed by atoms with E-state index in [1.807, 2.05) is 48.1 Å². The predicted octanol–water partition coefficient (Wildman–Crippen LogP) is 3.82. The summed E-state index contributed by atoms with van der Waals surface area (Å²) in [4.78, 5) is 13.8. The largest absolute Gasteiger partial charge is 0.497 e. The lowest BCUT2D eigenvalue weighted by molar-refractivity contribution is 0.209. The Hall–Kier alpha value is -2.95. The lowest BCUT2D eigenvalue weighted by atomic mass is 10.2. The van der Waals surface area contributed by atoms with E-state index in [0.717, 1.165) is 22.3 Å². The van der Waals surface area contributed by atoms with Crippen LogP contribution in [0.25, 0.3) is 10.9 Å². The SMILES string of the molecule is COc1ccc(N(C)C(=O)Oc2cccc3c2ccn3C)cc1. The molecule has 0 saturated heterocycles. The number of carbonyl (C=O) groups is 1. The highest BCUT2D eigenvalue weighted by atomic mass is 16.6. The first-order valence-electron chi connectivity index (χ1n) is 7.24. The van der Waals surface area contributed by atoms with Gasteiger partial charge >= 0.3 is 6.09 Å². The number of aryl methyl sites for hydroxylation is 1. The summed E-state index contributed by atoms with van der Waals surface area (Å²) in [6.07, 6.45) is 1.50. The zero-order valence-corrected chi connectivity index (χ0v) is 13.3. The van der Waals surface area contributed by atoms with Crippen molar-refractivity contribution in [1.29, 1.82) is 0 Å². The van der Waals surface area contributed by atoms with Crippen molar-refractivity contribution < 1.29 is 14.3 Å². The maximum absolute atomic E-state index is 12.4. The Morgan fingerprint density at radius 2 is 1.83 bits per heavy atom. The number of benzene rings is 2. The minimum absolute atomic E-state index is 0.438. The summed E-state index contributed by atoms with van der Waals surface area (Å²) in [5.74, 6) is 1.29. The number of ether oxygens (including phenoxy) is 2. The van der Waals surface area contributed by atoms with Crippen molar-refractivity contribution in [3.63, 3.8) is 0 Å². The summed E-state index contributed by atoms with van der Waals surface area (Å²) in [6, 6.07) is 14.8. The third-order valence-electron chi connectivity index (χ3n) is 3.82. The van der Waals surface area contributed by atoms with Gasteiger partial charge in [-0.3, -0.25) is 4.90 Å². The van der Waals surface area contributed by atoms with Gasteiger partial charge in [0.1, 0.15) is 11.5 Å². The molecule has 0 fully saturated rings. The quantitative estimate of drug-likeness (QED) is 0.738. The molecule has 5 heteroatoms. The van der Waals surface area contributed by atoms with E-state index in [9.17, 15) is 4.79 Å². The van der Waals surface area contributed by atoms with Crippen LogP contribution in [0.1, 0.15) is 0 Å². The second-order valence-corrected chi connectivity index (χ2v) is 5.24. The number of rotatable bonds is 3. The molecule has 0 aliphatic heterocycles. The first-order valence-corrected chi connectivity index (χ1v) is 7.24. The van der Waals surface area contributed by atoms with Gasteiger partial charge in [-0.15, -0.1) is 0 Å². The molecule has 0 spiro atoms. The van der Waals surface area contributed by atoms with E-state index >= 15 is 0 Å². The molecule has 3 rings (SSSR count). The Bertz CT molecular complexity index is 837. The zero-order valence-electron chi connectivity index (χ0n) is 13.3. The van der Waals surface area contributed by atoms with E-state index in [2.05, 4.69) is 0 Å². The Morgan fingerprint density at radius 3 is 2.52 bits per heavy atom. The summed E-state index contributed by atoms with van der Waals surface area (Å²) in [6.45, 7) is 0. The van der Waals surface area contributed by atoms with E-state index in [1.165, 1.54) is 4.90 Å². The van der Waals surface area contributed by atoms with Gasteiger partial charge in [-0.1, -0.05) is 6.07 Å². The van der Waals surface area contributed by atoms with Gasteiger partial charge in [-0.25, -0.2) is 4.79 Å². The number of methoxy groups -OCH3 is 1. The van der Waals surface area contributed by atoms with Gasteiger partial charge < -0.3 is 14.0 Å². The number of hydrogen-bond donors (Lipinski definition) is 0. The molecule has 0 saturated carbocycles. The molecule has 0 aliphatic carbocycles. The van der Waals surface area contributed by atoms with Crippen LogP contribution < -0.4 is 14.4 Å². The van der Waals surface area contributed by atoms with Crippen LogP contribution >= 0.6 is 0 Å². The number of hydrogen-bond acceptors (Lipinski definition) is 3. The van der Waals surface area contributed by atoms with Crippen molar-refractivity contribution in [2.75, 3.05) is 19.1 Å². The normalized spacial score (nSPS) is 10.6. The van der Waals surface area contributed by atoms with Gasteiger partial charge in [0.15, 0.2) is 0 Å². The fourth-order valence-electron chi connectivity index (χ4n) is 2.44. The highest BCUT2D eigenvalue weighted by Gasteiger charge is 2.15. The van der Waals surface area contributed by atoms with Crippen molar-refractivity contribution in [2.24, 2.45) is 7.05 Å². The first-order chi connectivity index (χ1) is 11.1. The van der Waals surface area contributed by atoms with Gasteiger partial charge in [0, 0.05) is 31.4 Å². The molecule has 1 heterocycles. The highest BCUT2D eigenvalue weighted by Crippen LogP contribution is 2.27. The number of nitrogens with zero attached hydrogens (tertiary/aromatic N) is 2. The average Bonchev–Trinajstić information content (AvgIpc) is 2.97. The maximum Gasteiger partial charge on any atom is 0.419 e. The van der Waals surface area contributed by atoms with Crippen molar-refractivity contribution >= 4 is 22.7 Å². The Morgan fingerprint density at radius 1 is 1.09 bits per heavy atom. The molecule has 118 valence electrons. The molecular weight excluding hydrogens is 292 g/mol. The molecule has 23 heavy (non-hydrogen) atoms. The molecule has 0 N–H and O–H groups in total. The molecule has 3 aromatic rings. The molecule has 5 nitrogen and oxygen atoms in total. The molecule has 1 aromatic heterocycles. The summed E-state index contributed by atoms with van der Waals surface area (Å²) in [5, 5.41) is 0.909. The van der Waals surface area contributed by atoms with Gasteiger partial charge in [0.25, 0.3) is 0 Å². The maximum atomic E-state index is 12.4. The third-order valence-corrected chi connectivity index (χ3v) is 3.82.